The lowest BCUT2D eigenvalue weighted by Gasteiger charge is -2.29. The third kappa shape index (κ3) is 6.02. The molecule has 3 aromatic rings. The highest BCUT2D eigenvalue weighted by Crippen LogP contribution is 2.29. The molecule has 0 atom stereocenters. The van der Waals surface area contributed by atoms with E-state index in [1.807, 2.05) is 32.0 Å². The molecule has 1 amide bonds. The number of carbonyl (C=O) groups is 1. The number of hydrogen-bond donors (Lipinski definition) is 1. The molecule has 0 saturated carbocycles. The largest absolute Gasteiger partial charge is 0.416 e. The Morgan fingerprint density at radius 1 is 1.08 bits per heavy atom. The van der Waals surface area contributed by atoms with E-state index in [0.717, 1.165) is 24.4 Å². The van der Waals surface area contributed by atoms with Crippen LogP contribution in [0.5, 0.6) is 0 Å². The van der Waals surface area contributed by atoms with E-state index in [4.69, 9.17) is 4.98 Å². The lowest BCUT2D eigenvalue weighted by molar-refractivity contribution is -0.137. The van der Waals surface area contributed by atoms with Crippen molar-refractivity contribution in [3.8, 4) is 0 Å². The monoisotopic (exact) mass is 498 g/mol. The van der Waals surface area contributed by atoms with E-state index >= 15 is 0 Å². The van der Waals surface area contributed by atoms with Gasteiger partial charge in [-0.15, -0.1) is 0 Å². The normalized spacial score (nSPS) is 14.1. The molecule has 0 bridgehead atoms. The van der Waals surface area contributed by atoms with Crippen LogP contribution in [0.3, 0.4) is 0 Å². The maximum atomic E-state index is 13.4. The number of hydrogen-bond acceptors (Lipinski definition) is 4. The average Bonchev–Trinajstić information content (AvgIpc) is 2.84. The molecule has 2 heterocycles. The Labute approximate surface area is 207 Å². The highest BCUT2D eigenvalue weighted by Gasteiger charge is 2.30. The van der Waals surface area contributed by atoms with Crippen molar-refractivity contribution >= 4 is 5.91 Å². The zero-order valence-electron chi connectivity index (χ0n) is 20.3. The number of halogens is 3. The molecule has 9 heteroatoms. The van der Waals surface area contributed by atoms with Crippen molar-refractivity contribution in [2.75, 3.05) is 6.54 Å². The molecule has 2 aromatic carbocycles. The lowest BCUT2D eigenvalue weighted by Crippen LogP contribution is -2.41. The van der Waals surface area contributed by atoms with E-state index in [1.165, 1.54) is 22.3 Å². The van der Waals surface area contributed by atoms with Gasteiger partial charge in [0, 0.05) is 37.7 Å². The van der Waals surface area contributed by atoms with Gasteiger partial charge in [0.25, 0.3) is 5.56 Å². The molecule has 1 aliphatic rings. The molecule has 6 nitrogen and oxygen atoms in total. The second-order valence-electron chi connectivity index (χ2n) is 9.36. The van der Waals surface area contributed by atoms with E-state index in [9.17, 15) is 22.8 Å². The third-order valence-corrected chi connectivity index (χ3v) is 6.24. The van der Waals surface area contributed by atoms with Gasteiger partial charge in [0.2, 0.25) is 5.91 Å². The summed E-state index contributed by atoms with van der Waals surface area (Å²) in [6.45, 7) is 5.55. The minimum absolute atomic E-state index is 0.0681. The number of benzene rings is 2. The van der Waals surface area contributed by atoms with E-state index < -0.39 is 17.6 Å². The summed E-state index contributed by atoms with van der Waals surface area (Å²) in [5.41, 5.74) is 1.89. The number of alkyl halides is 3. The van der Waals surface area contributed by atoms with Crippen LogP contribution in [-0.2, 0) is 43.6 Å². The number of nitrogens with one attached hydrogen (secondary N) is 1. The Balaban J connectivity index is 1.49. The number of nitrogens with zero attached hydrogens (tertiary/aromatic N) is 3. The average molecular weight is 499 g/mol. The van der Waals surface area contributed by atoms with Crippen molar-refractivity contribution < 1.29 is 18.0 Å². The standard InChI is InChI=1S/C27H29F3N4O2/c1-18(2)25-32-23-16-33(15-19-7-4-3-5-8-19)12-11-22(23)26(36)34(25)17-24(35)31-14-20-9-6-10-21(13-20)27(28,29)30/h3-10,13,18H,11-12,14-17H2,1-2H3,(H,31,35). The van der Waals surface area contributed by atoms with Crippen molar-refractivity contribution in [3.63, 3.8) is 0 Å². The van der Waals surface area contributed by atoms with Crippen LogP contribution in [0.2, 0.25) is 0 Å². The summed E-state index contributed by atoms with van der Waals surface area (Å²) in [6.07, 6.45) is -3.91. The maximum absolute atomic E-state index is 13.4. The summed E-state index contributed by atoms with van der Waals surface area (Å²) in [5.74, 6) is -0.0297. The fraction of sp³-hybridized carbons (Fsp3) is 0.370. The van der Waals surface area contributed by atoms with Gasteiger partial charge in [-0.1, -0.05) is 56.3 Å². The third-order valence-electron chi connectivity index (χ3n) is 6.24. The molecular formula is C27H29F3N4O2. The summed E-state index contributed by atoms with van der Waals surface area (Å²) in [4.78, 5) is 33.1. The Morgan fingerprint density at radius 3 is 2.50 bits per heavy atom. The van der Waals surface area contributed by atoms with Crippen LogP contribution in [-0.4, -0.2) is 26.9 Å². The predicted molar refractivity (Wildman–Crippen MR) is 130 cm³/mol. The van der Waals surface area contributed by atoms with Gasteiger partial charge in [0.15, 0.2) is 0 Å². The van der Waals surface area contributed by atoms with Crippen molar-refractivity contribution in [2.45, 2.75) is 58.5 Å². The molecule has 0 aliphatic carbocycles. The van der Waals surface area contributed by atoms with Gasteiger partial charge >= 0.3 is 6.18 Å². The first-order chi connectivity index (χ1) is 17.1. The van der Waals surface area contributed by atoms with Crippen molar-refractivity contribution in [1.82, 2.24) is 19.8 Å². The van der Waals surface area contributed by atoms with Gasteiger partial charge in [0.05, 0.1) is 11.3 Å². The van der Waals surface area contributed by atoms with Crippen LogP contribution in [0.4, 0.5) is 13.2 Å². The van der Waals surface area contributed by atoms with Crippen LogP contribution >= 0.6 is 0 Å². The van der Waals surface area contributed by atoms with E-state index in [1.54, 1.807) is 0 Å². The minimum atomic E-state index is -4.45. The van der Waals surface area contributed by atoms with Crippen molar-refractivity contribution in [2.24, 2.45) is 0 Å². The molecule has 0 fully saturated rings. The van der Waals surface area contributed by atoms with Gasteiger partial charge in [0.1, 0.15) is 12.4 Å². The Bertz CT molecular complexity index is 1290. The maximum Gasteiger partial charge on any atom is 0.416 e. The van der Waals surface area contributed by atoms with E-state index in [-0.39, 0.29) is 24.6 Å². The second-order valence-corrected chi connectivity index (χ2v) is 9.36. The minimum Gasteiger partial charge on any atom is -0.350 e. The smallest absolute Gasteiger partial charge is 0.350 e. The molecule has 0 saturated heterocycles. The summed E-state index contributed by atoms with van der Waals surface area (Å²) in [7, 11) is 0. The quantitative estimate of drug-likeness (QED) is 0.529. The Morgan fingerprint density at radius 2 is 1.81 bits per heavy atom. The van der Waals surface area contributed by atoms with Gasteiger partial charge in [-0.3, -0.25) is 19.1 Å². The molecule has 36 heavy (non-hydrogen) atoms. The molecule has 1 aliphatic heterocycles. The topological polar surface area (TPSA) is 67.2 Å². The summed E-state index contributed by atoms with van der Waals surface area (Å²) < 4.78 is 40.3. The lowest BCUT2D eigenvalue weighted by atomic mass is 10.0. The molecule has 1 aromatic heterocycles. The van der Waals surface area contributed by atoms with Crippen molar-refractivity contribution in [3.05, 3.63) is 98.7 Å². The van der Waals surface area contributed by atoms with Crippen LogP contribution in [0.25, 0.3) is 0 Å². The fourth-order valence-electron chi connectivity index (χ4n) is 4.43. The van der Waals surface area contributed by atoms with E-state index in [0.29, 0.717) is 36.5 Å². The van der Waals surface area contributed by atoms with Crippen LogP contribution in [0.15, 0.2) is 59.4 Å². The zero-order chi connectivity index (χ0) is 25.9. The van der Waals surface area contributed by atoms with E-state index in [2.05, 4.69) is 22.3 Å². The second kappa shape index (κ2) is 10.7. The molecule has 0 radical (unpaired) electrons. The summed E-state index contributed by atoms with van der Waals surface area (Å²) >= 11 is 0. The molecule has 190 valence electrons. The number of fused-ring (bicyclic) bond motifs is 1. The fourth-order valence-corrected chi connectivity index (χ4v) is 4.43. The zero-order valence-corrected chi connectivity index (χ0v) is 20.3. The number of aromatic nitrogens is 2. The van der Waals surface area contributed by atoms with Crippen molar-refractivity contribution in [1.29, 1.82) is 0 Å². The molecular weight excluding hydrogens is 469 g/mol. The molecule has 1 N–H and O–H groups in total. The van der Waals surface area contributed by atoms with Crippen LogP contribution in [0.1, 0.15) is 53.5 Å². The van der Waals surface area contributed by atoms with Crippen LogP contribution in [0, 0.1) is 0 Å². The number of amides is 1. The molecule has 0 unspecified atom stereocenters. The SMILES string of the molecule is CC(C)c1nc2c(c(=O)n1CC(=O)NCc1cccc(C(F)(F)F)c1)CCN(Cc1ccccc1)C2. The molecule has 0 spiro atoms. The van der Waals surface area contributed by atoms with Gasteiger partial charge in [-0.05, 0) is 29.7 Å². The number of rotatable bonds is 7. The Hall–Kier alpha value is -3.46. The molecule has 4 rings (SSSR count). The first kappa shape index (κ1) is 25.6. The number of carbonyl (C=O) groups excluding carboxylic acids is 1. The summed E-state index contributed by atoms with van der Waals surface area (Å²) in [5, 5.41) is 2.63. The van der Waals surface area contributed by atoms with Gasteiger partial charge in [-0.2, -0.15) is 13.2 Å². The first-order valence-electron chi connectivity index (χ1n) is 11.9. The van der Waals surface area contributed by atoms with Gasteiger partial charge in [-0.25, -0.2) is 4.98 Å². The van der Waals surface area contributed by atoms with Gasteiger partial charge < -0.3 is 5.32 Å². The summed E-state index contributed by atoms with van der Waals surface area (Å²) in [6, 6.07) is 14.9. The Kier molecular flexibility index (Phi) is 7.59. The highest BCUT2D eigenvalue weighted by molar-refractivity contribution is 5.75. The first-order valence-corrected chi connectivity index (χ1v) is 11.9. The van der Waals surface area contributed by atoms with Crippen LogP contribution < -0.4 is 10.9 Å². The predicted octanol–water partition coefficient (Wildman–Crippen LogP) is 4.26. The highest BCUT2D eigenvalue weighted by atomic mass is 19.4.